The fourth-order valence-electron chi connectivity index (χ4n) is 5.76. The molecule has 2 aliphatic rings. The Morgan fingerprint density at radius 1 is 1.06 bits per heavy atom. The largest absolute Gasteiger partial charge is 0.481 e. The summed E-state index contributed by atoms with van der Waals surface area (Å²) < 4.78 is 0. The highest BCUT2D eigenvalue weighted by molar-refractivity contribution is 6.30. The molecule has 7 heteroatoms. The molecule has 1 aromatic heterocycles. The number of aromatic nitrogens is 1. The Morgan fingerprint density at radius 3 is 2.42 bits per heavy atom. The molecule has 1 saturated heterocycles. The summed E-state index contributed by atoms with van der Waals surface area (Å²) in [6.45, 7) is 1.79. The van der Waals surface area contributed by atoms with Crippen LogP contribution in [0.4, 0.5) is 0 Å². The van der Waals surface area contributed by atoms with E-state index in [1.165, 1.54) is 0 Å². The Kier molecular flexibility index (Phi) is 6.80. The molecular formula is C29H28Cl2N2O3. The van der Waals surface area contributed by atoms with E-state index >= 15 is 0 Å². The Hall–Kier alpha value is -2.89. The van der Waals surface area contributed by atoms with E-state index in [9.17, 15) is 14.7 Å². The monoisotopic (exact) mass is 522 g/mol. The molecule has 2 heterocycles. The number of carbonyl (C=O) groups excluding carboxylic acids is 1. The van der Waals surface area contributed by atoms with E-state index in [2.05, 4.69) is 4.98 Å². The summed E-state index contributed by atoms with van der Waals surface area (Å²) in [4.78, 5) is 33.0. The molecule has 3 aromatic rings. The molecule has 0 radical (unpaired) electrons. The Morgan fingerprint density at radius 2 is 1.81 bits per heavy atom. The lowest BCUT2D eigenvalue weighted by atomic mass is 9.66. The van der Waals surface area contributed by atoms with Crippen molar-refractivity contribution in [1.29, 1.82) is 0 Å². The average molecular weight is 523 g/mol. The third kappa shape index (κ3) is 4.87. The summed E-state index contributed by atoms with van der Waals surface area (Å²) in [5.41, 5.74) is 1.68. The van der Waals surface area contributed by atoms with E-state index in [4.69, 9.17) is 23.2 Å². The molecule has 0 spiro atoms. The molecule has 1 aliphatic carbocycles. The summed E-state index contributed by atoms with van der Waals surface area (Å²) in [6, 6.07) is 20.5. The molecule has 36 heavy (non-hydrogen) atoms. The van der Waals surface area contributed by atoms with Crippen molar-refractivity contribution in [3.63, 3.8) is 0 Å². The highest BCUT2D eigenvalue weighted by Crippen LogP contribution is 2.57. The Labute approximate surface area is 221 Å². The molecule has 1 unspecified atom stereocenters. The number of rotatable bonds is 7. The number of hydrogen-bond acceptors (Lipinski definition) is 3. The standard InChI is InChI=1S/C29H28Cl2N2O3/c1-29(17-25(34)35)16-23(20-5-4-6-22(31)15-20)26(18-10-12-21(30)13-11-18)33(28(29)36)27(19-8-9-19)24-7-2-3-14-32-24/h2-7,10-15,19,23,26-27H,8-9,16-17H2,1H3,(H,34,35)/t23-,26?,27+,29-/m1/s1. The molecule has 1 amide bonds. The molecule has 5 rings (SSSR count). The fraction of sp³-hybridized carbons (Fsp3) is 0.345. The number of likely N-dealkylation sites (tertiary alicyclic amines) is 1. The topological polar surface area (TPSA) is 70.5 Å². The summed E-state index contributed by atoms with van der Waals surface area (Å²) in [5.74, 6) is -1.03. The number of carboxylic acids is 1. The van der Waals surface area contributed by atoms with Gasteiger partial charge >= 0.3 is 5.97 Å². The molecule has 1 N–H and O–H groups in total. The minimum Gasteiger partial charge on any atom is -0.481 e. The van der Waals surface area contributed by atoms with Crippen LogP contribution in [0.2, 0.25) is 10.0 Å². The van der Waals surface area contributed by atoms with Gasteiger partial charge in [-0.1, -0.05) is 60.5 Å². The number of carboxylic acid groups (broad SMARTS) is 1. The average Bonchev–Trinajstić information content (AvgIpc) is 3.68. The van der Waals surface area contributed by atoms with Gasteiger partial charge in [0.1, 0.15) is 0 Å². The van der Waals surface area contributed by atoms with Crippen LogP contribution in [-0.4, -0.2) is 26.9 Å². The van der Waals surface area contributed by atoms with Gasteiger partial charge in [-0.05, 0) is 72.7 Å². The van der Waals surface area contributed by atoms with Gasteiger partial charge in [0.25, 0.3) is 0 Å². The number of amides is 1. The van der Waals surface area contributed by atoms with E-state index in [0.717, 1.165) is 29.7 Å². The second-order valence-corrected chi connectivity index (χ2v) is 11.1. The van der Waals surface area contributed by atoms with Crippen LogP contribution >= 0.6 is 23.2 Å². The van der Waals surface area contributed by atoms with Gasteiger partial charge < -0.3 is 10.0 Å². The number of nitrogens with zero attached hydrogens (tertiary/aromatic N) is 2. The SMILES string of the molecule is C[C@]1(CC(=O)O)C[C@H](c2cccc(Cl)c2)C(c2ccc(Cl)cc2)N([C@H](c2ccccn2)C2CC2)C1=O. The molecule has 1 aliphatic heterocycles. The van der Waals surface area contributed by atoms with Crippen LogP contribution in [0.25, 0.3) is 0 Å². The summed E-state index contributed by atoms with van der Waals surface area (Å²) in [5, 5.41) is 11.0. The molecule has 1 saturated carbocycles. The highest BCUT2D eigenvalue weighted by atomic mass is 35.5. The van der Waals surface area contributed by atoms with Gasteiger partial charge in [-0.3, -0.25) is 14.6 Å². The first kappa shape index (κ1) is 24.8. The van der Waals surface area contributed by atoms with Gasteiger partial charge in [0.15, 0.2) is 0 Å². The molecule has 2 aromatic carbocycles. The minimum absolute atomic E-state index is 0.148. The fourth-order valence-corrected chi connectivity index (χ4v) is 6.09. The van der Waals surface area contributed by atoms with Crippen molar-refractivity contribution >= 4 is 35.1 Å². The smallest absolute Gasteiger partial charge is 0.304 e. The van der Waals surface area contributed by atoms with Crippen LogP contribution in [0, 0.1) is 11.3 Å². The van der Waals surface area contributed by atoms with E-state index in [0.29, 0.717) is 16.5 Å². The van der Waals surface area contributed by atoms with Crippen LogP contribution in [0.1, 0.15) is 67.4 Å². The zero-order valence-electron chi connectivity index (χ0n) is 20.0. The van der Waals surface area contributed by atoms with Gasteiger partial charge in [-0.25, -0.2) is 0 Å². The Bertz CT molecular complexity index is 1260. The minimum atomic E-state index is -1.08. The van der Waals surface area contributed by atoms with Gasteiger partial charge in [-0.15, -0.1) is 0 Å². The zero-order chi connectivity index (χ0) is 25.4. The third-order valence-corrected chi connectivity index (χ3v) is 7.98. The molecule has 0 bridgehead atoms. The number of hydrogen-bond donors (Lipinski definition) is 1. The van der Waals surface area contributed by atoms with Crippen molar-refractivity contribution < 1.29 is 14.7 Å². The van der Waals surface area contributed by atoms with Crippen LogP contribution in [0.5, 0.6) is 0 Å². The summed E-state index contributed by atoms with van der Waals surface area (Å²) in [6.07, 6.45) is 3.89. The van der Waals surface area contributed by atoms with Crippen LogP contribution in [0.15, 0.2) is 72.9 Å². The lowest BCUT2D eigenvalue weighted by Gasteiger charge is -2.52. The van der Waals surface area contributed by atoms with Gasteiger partial charge in [0.05, 0.1) is 29.6 Å². The van der Waals surface area contributed by atoms with E-state index in [1.54, 1.807) is 13.1 Å². The maximum absolute atomic E-state index is 14.4. The number of pyridine rings is 1. The first-order valence-corrected chi connectivity index (χ1v) is 13.0. The predicted octanol–water partition coefficient (Wildman–Crippen LogP) is 7.08. The second-order valence-electron chi connectivity index (χ2n) is 10.2. The van der Waals surface area contributed by atoms with E-state index in [-0.39, 0.29) is 36.2 Å². The quantitative estimate of drug-likeness (QED) is 0.359. The number of piperidine rings is 1. The number of halogens is 2. The summed E-state index contributed by atoms with van der Waals surface area (Å²) in [7, 11) is 0. The second kappa shape index (κ2) is 9.87. The van der Waals surface area contributed by atoms with Crippen LogP contribution < -0.4 is 0 Å². The predicted molar refractivity (Wildman–Crippen MR) is 140 cm³/mol. The number of aliphatic carboxylic acids is 1. The number of carbonyl (C=O) groups is 2. The summed E-state index contributed by atoms with van der Waals surface area (Å²) >= 11 is 12.7. The van der Waals surface area contributed by atoms with Crippen molar-refractivity contribution in [3.8, 4) is 0 Å². The van der Waals surface area contributed by atoms with Gasteiger partial charge in [0, 0.05) is 22.2 Å². The lowest BCUT2D eigenvalue weighted by Crippen LogP contribution is -2.54. The maximum atomic E-state index is 14.4. The van der Waals surface area contributed by atoms with Gasteiger partial charge in [0.2, 0.25) is 5.91 Å². The van der Waals surface area contributed by atoms with E-state index < -0.39 is 11.4 Å². The third-order valence-electron chi connectivity index (χ3n) is 7.49. The molecule has 2 fully saturated rings. The normalized spacial score (nSPS) is 25.0. The molecular weight excluding hydrogens is 495 g/mol. The molecule has 5 nitrogen and oxygen atoms in total. The van der Waals surface area contributed by atoms with Gasteiger partial charge in [-0.2, -0.15) is 0 Å². The Balaban J connectivity index is 1.73. The van der Waals surface area contributed by atoms with Crippen molar-refractivity contribution in [2.24, 2.45) is 11.3 Å². The van der Waals surface area contributed by atoms with Crippen molar-refractivity contribution in [1.82, 2.24) is 9.88 Å². The molecule has 186 valence electrons. The van der Waals surface area contributed by atoms with Crippen molar-refractivity contribution in [2.75, 3.05) is 0 Å². The van der Waals surface area contributed by atoms with E-state index in [1.807, 2.05) is 71.6 Å². The highest BCUT2D eigenvalue weighted by Gasteiger charge is 2.55. The lowest BCUT2D eigenvalue weighted by molar-refractivity contribution is -0.161. The zero-order valence-corrected chi connectivity index (χ0v) is 21.5. The van der Waals surface area contributed by atoms with Crippen LogP contribution in [0.3, 0.4) is 0 Å². The molecule has 4 atom stereocenters. The van der Waals surface area contributed by atoms with Crippen LogP contribution in [-0.2, 0) is 9.59 Å². The maximum Gasteiger partial charge on any atom is 0.304 e. The van der Waals surface area contributed by atoms with Crippen molar-refractivity contribution in [3.05, 3.63) is 99.8 Å². The first-order valence-electron chi connectivity index (χ1n) is 12.2. The van der Waals surface area contributed by atoms with Crippen molar-refractivity contribution in [2.45, 2.75) is 50.6 Å². The number of benzene rings is 2. The first-order chi connectivity index (χ1) is 17.3.